The van der Waals surface area contributed by atoms with Crippen LogP contribution in [0.4, 0.5) is 0 Å². The van der Waals surface area contributed by atoms with Gasteiger partial charge in [-0.2, -0.15) is 0 Å². The number of rotatable bonds is 7. The van der Waals surface area contributed by atoms with Crippen molar-refractivity contribution >= 4 is 0 Å². The van der Waals surface area contributed by atoms with Gasteiger partial charge in [-0.15, -0.1) is 0 Å². The first-order valence-corrected chi connectivity index (χ1v) is 7.71. The van der Waals surface area contributed by atoms with Gasteiger partial charge in [0, 0.05) is 12.1 Å². The maximum atomic E-state index is 11.1. The van der Waals surface area contributed by atoms with E-state index in [2.05, 4.69) is 0 Å². The van der Waals surface area contributed by atoms with Crippen molar-refractivity contribution in [2.75, 3.05) is 35.5 Å². The molecule has 0 aromatic heterocycles. The van der Waals surface area contributed by atoms with Crippen molar-refractivity contribution in [3.05, 3.63) is 41.0 Å². The highest BCUT2D eigenvalue weighted by Gasteiger charge is 2.28. The highest BCUT2D eigenvalue weighted by atomic mass is 16.5. The third-order valence-corrected chi connectivity index (χ3v) is 3.99. The number of aliphatic hydroxyl groups is 1. The van der Waals surface area contributed by atoms with Gasteiger partial charge in [0.1, 0.15) is 34.9 Å². The maximum Gasteiger partial charge on any atom is 0.132 e. The lowest BCUT2D eigenvalue weighted by Gasteiger charge is -2.23. The summed E-state index contributed by atoms with van der Waals surface area (Å²) in [5, 5.41) is 11.1. The number of hydrogen-bond donors (Lipinski definition) is 1. The van der Waals surface area contributed by atoms with Crippen LogP contribution in [0.5, 0.6) is 28.7 Å². The quantitative estimate of drug-likeness (QED) is 0.829. The lowest BCUT2D eigenvalue weighted by Crippen LogP contribution is -2.09. The molecule has 0 fully saturated rings. The average molecular weight is 348 g/mol. The predicted octanol–water partition coefficient (Wildman–Crippen LogP) is 3.12. The Balaban J connectivity index is 2.71. The Hall–Kier alpha value is -2.60. The molecular formula is C19H24O6. The summed E-state index contributed by atoms with van der Waals surface area (Å²) in [5.41, 5.74) is 1.92. The number of aryl methyl sites for hydroxylation is 1. The SMILES string of the molecule is COc1cc(OC)c(C(O)c2c(OC)cc(C)cc2OC)c(OC)c1. The van der Waals surface area contributed by atoms with Gasteiger partial charge < -0.3 is 28.8 Å². The van der Waals surface area contributed by atoms with Gasteiger partial charge >= 0.3 is 0 Å². The van der Waals surface area contributed by atoms with Gasteiger partial charge in [0.05, 0.1) is 46.7 Å². The molecule has 0 aliphatic carbocycles. The molecule has 2 rings (SSSR count). The fraction of sp³-hybridized carbons (Fsp3) is 0.368. The zero-order valence-electron chi connectivity index (χ0n) is 15.4. The molecule has 1 unspecified atom stereocenters. The monoisotopic (exact) mass is 348 g/mol. The highest BCUT2D eigenvalue weighted by molar-refractivity contribution is 5.59. The van der Waals surface area contributed by atoms with E-state index in [1.54, 1.807) is 33.5 Å². The van der Waals surface area contributed by atoms with E-state index in [0.29, 0.717) is 39.9 Å². The van der Waals surface area contributed by atoms with E-state index in [0.717, 1.165) is 5.56 Å². The molecule has 0 heterocycles. The molecule has 0 saturated carbocycles. The minimum atomic E-state index is -1.08. The van der Waals surface area contributed by atoms with E-state index in [9.17, 15) is 5.11 Å². The second kappa shape index (κ2) is 7.98. The van der Waals surface area contributed by atoms with Crippen molar-refractivity contribution in [3.8, 4) is 28.7 Å². The smallest absolute Gasteiger partial charge is 0.132 e. The Kier molecular flexibility index (Phi) is 5.98. The van der Waals surface area contributed by atoms with Crippen LogP contribution in [0.25, 0.3) is 0 Å². The zero-order valence-corrected chi connectivity index (χ0v) is 15.4. The molecule has 0 aliphatic heterocycles. The van der Waals surface area contributed by atoms with Crippen molar-refractivity contribution in [2.45, 2.75) is 13.0 Å². The first kappa shape index (κ1) is 18.7. The van der Waals surface area contributed by atoms with Crippen molar-refractivity contribution < 1.29 is 28.8 Å². The summed E-state index contributed by atoms with van der Waals surface area (Å²) in [4.78, 5) is 0. The fourth-order valence-corrected chi connectivity index (χ4v) is 2.79. The normalized spacial score (nSPS) is 11.6. The number of benzene rings is 2. The molecule has 2 aromatic rings. The van der Waals surface area contributed by atoms with Gasteiger partial charge in [-0.3, -0.25) is 0 Å². The Bertz CT molecular complexity index is 691. The van der Waals surface area contributed by atoms with Crippen molar-refractivity contribution in [2.24, 2.45) is 0 Å². The summed E-state index contributed by atoms with van der Waals surface area (Å²) in [7, 11) is 7.69. The van der Waals surface area contributed by atoms with Gasteiger partial charge in [-0.25, -0.2) is 0 Å². The number of aliphatic hydroxyl groups excluding tert-OH is 1. The van der Waals surface area contributed by atoms with Crippen LogP contribution in [-0.2, 0) is 0 Å². The Morgan fingerprint density at radius 2 is 1.00 bits per heavy atom. The fourth-order valence-electron chi connectivity index (χ4n) is 2.79. The Morgan fingerprint density at radius 3 is 1.32 bits per heavy atom. The van der Waals surface area contributed by atoms with E-state index in [1.165, 1.54) is 14.2 Å². The Labute approximate surface area is 147 Å². The van der Waals surface area contributed by atoms with Crippen molar-refractivity contribution in [1.82, 2.24) is 0 Å². The largest absolute Gasteiger partial charge is 0.496 e. The summed E-state index contributed by atoms with van der Waals surface area (Å²) >= 11 is 0. The van der Waals surface area contributed by atoms with Crippen LogP contribution in [0.3, 0.4) is 0 Å². The zero-order chi connectivity index (χ0) is 18.6. The molecule has 6 nitrogen and oxygen atoms in total. The van der Waals surface area contributed by atoms with Crippen LogP contribution in [0, 0.1) is 6.92 Å². The van der Waals surface area contributed by atoms with Crippen LogP contribution in [0.2, 0.25) is 0 Å². The lowest BCUT2D eigenvalue weighted by atomic mass is 9.96. The summed E-state index contributed by atoms with van der Waals surface area (Å²) in [6.07, 6.45) is -1.08. The van der Waals surface area contributed by atoms with E-state index >= 15 is 0 Å². The number of methoxy groups -OCH3 is 5. The number of hydrogen-bond acceptors (Lipinski definition) is 6. The standard InChI is InChI=1S/C19H24O6/c1-11-7-13(22-3)17(14(8-11)23-4)19(20)18-15(24-5)9-12(21-2)10-16(18)25-6/h7-10,19-20H,1-6H3. The summed E-state index contributed by atoms with van der Waals surface area (Å²) in [6.45, 7) is 1.93. The highest BCUT2D eigenvalue weighted by Crippen LogP contribution is 2.45. The van der Waals surface area contributed by atoms with Crippen LogP contribution in [0.15, 0.2) is 24.3 Å². The van der Waals surface area contributed by atoms with Crippen LogP contribution >= 0.6 is 0 Å². The minimum Gasteiger partial charge on any atom is -0.496 e. The molecule has 2 aromatic carbocycles. The van der Waals surface area contributed by atoms with Crippen LogP contribution in [-0.4, -0.2) is 40.7 Å². The molecule has 0 amide bonds. The summed E-state index contributed by atoms with van der Waals surface area (Å²) in [5.74, 6) is 2.47. The van der Waals surface area contributed by atoms with Crippen LogP contribution in [0.1, 0.15) is 22.8 Å². The van der Waals surface area contributed by atoms with Gasteiger partial charge in [0.15, 0.2) is 0 Å². The summed E-state index contributed by atoms with van der Waals surface area (Å²) in [6, 6.07) is 7.05. The molecule has 0 radical (unpaired) electrons. The average Bonchev–Trinajstić information content (AvgIpc) is 2.65. The minimum absolute atomic E-state index is 0.438. The third-order valence-electron chi connectivity index (χ3n) is 3.99. The molecular weight excluding hydrogens is 324 g/mol. The van der Waals surface area contributed by atoms with Gasteiger partial charge in [0.25, 0.3) is 0 Å². The first-order valence-electron chi connectivity index (χ1n) is 7.71. The molecule has 1 N–H and O–H groups in total. The van der Waals surface area contributed by atoms with Crippen molar-refractivity contribution in [1.29, 1.82) is 0 Å². The van der Waals surface area contributed by atoms with Gasteiger partial charge in [0.2, 0.25) is 0 Å². The maximum absolute atomic E-state index is 11.1. The van der Waals surface area contributed by atoms with Crippen LogP contribution < -0.4 is 23.7 Å². The van der Waals surface area contributed by atoms with E-state index in [-0.39, 0.29) is 0 Å². The lowest BCUT2D eigenvalue weighted by molar-refractivity contribution is 0.198. The predicted molar refractivity (Wildman–Crippen MR) is 94.4 cm³/mol. The molecule has 0 spiro atoms. The molecule has 136 valence electrons. The summed E-state index contributed by atoms with van der Waals surface area (Å²) < 4.78 is 27.1. The molecule has 0 saturated heterocycles. The second-order valence-corrected chi connectivity index (χ2v) is 5.43. The van der Waals surface area contributed by atoms with E-state index in [4.69, 9.17) is 23.7 Å². The molecule has 0 aliphatic rings. The van der Waals surface area contributed by atoms with E-state index < -0.39 is 6.10 Å². The third kappa shape index (κ3) is 3.58. The first-order chi connectivity index (χ1) is 12.0. The molecule has 6 heteroatoms. The van der Waals surface area contributed by atoms with Crippen molar-refractivity contribution in [3.63, 3.8) is 0 Å². The second-order valence-electron chi connectivity index (χ2n) is 5.43. The number of ether oxygens (including phenoxy) is 5. The van der Waals surface area contributed by atoms with Gasteiger partial charge in [-0.1, -0.05) is 0 Å². The molecule has 25 heavy (non-hydrogen) atoms. The Morgan fingerprint density at radius 1 is 0.640 bits per heavy atom. The molecule has 0 bridgehead atoms. The van der Waals surface area contributed by atoms with Gasteiger partial charge in [-0.05, 0) is 24.6 Å². The van der Waals surface area contributed by atoms with E-state index in [1.807, 2.05) is 19.1 Å². The topological polar surface area (TPSA) is 66.4 Å². The molecule has 1 atom stereocenters.